The summed E-state index contributed by atoms with van der Waals surface area (Å²) < 4.78 is 5.64. The van der Waals surface area contributed by atoms with Crippen LogP contribution in [-0.2, 0) is 4.74 Å². The van der Waals surface area contributed by atoms with E-state index in [0.717, 1.165) is 37.6 Å². The number of nitrogens with zero attached hydrogens (tertiary/aromatic N) is 3. The smallest absolute Gasteiger partial charge is 0.239 e. The molecule has 0 aromatic carbocycles. The first-order chi connectivity index (χ1) is 8.22. The van der Waals surface area contributed by atoms with Gasteiger partial charge in [0.25, 0.3) is 0 Å². The normalized spacial score (nSPS) is 20.4. The van der Waals surface area contributed by atoms with Crippen molar-refractivity contribution in [2.45, 2.75) is 26.4 Å². The van der Waals surface area contributed by atoms with E-state index in [1.54, 1.807) is 0 Å². The molecular weight excluding hydrogens is 218 g/mol. The summed E-state index contributed by atoms with van der Waals surface area (Å²) in [6.07, 6.45) is 1.30. The third kappa shape index (κ3) is 2.83. The van der Waals surface area contributed by atoms with E-state index in [-0.39, 0.29) is 6.10 Å². The van der Waals surface area contributed by atoms with Crippen LogP contribution >= 0.6 is 0 Å². The monoisotopic (exact) mass is 237 g/mol. The molecule has 6 heteroatoms. The summed E-state index contributed by atoms with van der Waals surface area (Å²) in [6.45, 7) is 6.54. The van der Waals surface area contributed by atoms with Gasteiger partial charge in [-0.2, -0.15) is 4.98 Å². The van der Waals surface area contributed by atoms with Gasteiger partial charge in [0, 0.05) is 24.8 Å². The number of aryl methyl sites for hydroxylation is 1. The maximum absolute atomic E-state index is 5.64. The fraction of sp³-hybridized carbons (Fsp3) is 0.636. The summed E-state index contributed by atoms with van der Waals surface area (Å²) in [6, 6.07) is 1.97. The number of anilines is 2. The Hall–Kier alpha value is -1.40. The first-order valence-electron chi connectivity index (χ1n) is 5.91. The SMILES string of the molecule is CCC1CN(c2cc(C)nc(NN)n2)CCO1. The molecule has 0 spiro atoms. The van der Waals surface area contributed by atoms with Crippen LogP contribution in [0, 0.1) is 6.92 Å². The molecule has 1 aliphatic rings. The zero-order valence-electron chi connectivity index (χ0n) is 10.3. The van der Waals surface area contributed by atoms with Crippen LogP contribution in [0.25, 0.3) is 0 Å². The highest BCUT2D eigenvalue weighted by Crippen LogP contribution is 2.18. The lowest BCUT2D eigenvalue weighted by atomic mass is 10.2. The van der Waals surface area contributed by atoms with Gasteiger partial charge < -0.3 is 9.64 Å². The maximum atomic E-state index is 5.64. The Balaban J connectivity index is 2.18. The van der Waals surface area contributed by atoms with Gasteiger partial charge in [0.05, 0.1) is 12.7 Å². The van der Waals surface area contributed by atoms with E-state index in [0.29, 0.717) is 5.95 Å². The van der Waals surface area contributed by atoms with E-state index in [2.05, 4.69) is 27.2 Å². The molecule has 0 bridgehead atoms. The van der Waals surface area contributed by atoms with Gasteiger partial charge in [-0.25, -0.2) is 10.8 Å². The Morgan fingerprint density at radius 2 is 2.41 bits per heavy atom. The van der Waals surface area contributed by atoms with Crippen LogP contribution in [0.4, 0.5) is 11.8 Å². The highest BCUT2D eigenvalue weighted by Gasteiger charge is 2.20. The van der Waals surface area contributed by atoms with Crippen molar-refractivity contribution in [3.63, 3.8) is 0 Å². The minimum atomic E-state index is 0.285. The summed E-state index contributed by atoms with van der Waals surface area (Å²) >= 11 is 0. The number of nitrogens with two attached hydrogens (primary N) is 1. The molecule has 0 amide bonds. The average molecular weight is 237 g/mol. The van der Waals surface area contributed by atoms with Crippen molar-refractivity contribution >= 4 is 11.8 Å². The molecule has 1 fully saturated rings. The molecule has 3 N–H and O–H groups in total. The minimum absolute atomic E-state index is 0.285. The predicted octanol–water partition coefficient (Wildman–Crippen LogP) is 0.686. The van der Waals surface area contributed by atoms with Crippen LogP contribution in [-0.4, -0.2) is 35.8 Å². The number of hydrogen-bond donors (Lipinski definition) is 2. The second-order valence-electron chi connectivity index (χ2n) is 4.18. The van der Waals surface area contributed by atoms with Crippen molar-refractivity contribution in [2.24, 2.45) is 5.84 Å². The molecule has 0 saturated carbocycles. The molecule has 0 radical (unpaired) electrons. The topological polar surface area (TPSA) is 76.3 Å². The molecule has 1 aliphatic heterocycles. The second-order valence-corrected chi connectivity index (χ2v) is 4.18. The number of morpholine rings is 1. The molecule has 2 heterocycles. The highest BCUT2D eigenvalue weighted by atomic mass is 16.5. The minimum Gasteiger partial charge on any atom is -0.375 e. The molecule has 6 nitrogen and oxygen atoms in total. The van der Waals surface area contributed by atoms with Gasteiger partial charge in [-0.1, -0.05) is 6.92 Å². The van der Waals surface area contributed by atoms with E-state index in [4.69, 9.17) is 10.6 Å². The lowest BCUT2D eigenvalue weighted by Gasteiger charge is -2.33. The molecule has 1 atom stereocenters. The highest BCUT2D eigenvalue weighted by molar-refractivity contribution is 5.44. The van der Waals surface area contributed by atoms with E-state index in [1.165, 1.54) is 0 Å². The predicted molar refractivity (Wildman–Crippen MR) is 66.8 cm³/mol. The van der Waals surface area contributed by atoms with Crippen molar-refractivity contribution < 1.29 is 4.74 Å². The Morgan fingerprint density at radius 3 is 3.12 bits per heavy atom. The number of nitrogen functional groups attached to an aromatic ring is 1. The molecule has 1 aromatic heterocycles. The third-order valence-electron chi connectivity index (χ3n) is 2.89. The largest absolute Gasteiger partial charge is 0.375 e. The Kier molecular flexibility index (Phi) is 3.75. The van der Waals surface area contributed by atoms with Crippen LogP contribution in [0.15, 0.2) is 6.07 Å². The summed E-state index contributed by atoms with van der Waals surface area (Å²) in [5, 5.41) is 0. The number of nitrogens with one attached hydrogen (secondary N) is 1. The maximum Gasteiger partial charge on any atom is 0.239 e. The molecule has 94 valence electrons. The van der Waals surface area contributed by atoms with Crippen molar-refractivity contribution in [3.05, 3.63) is 11.8 Å². The summed E-state index contributed by atoms with van der Waals surface area (Å²) in [5.74, 6) is 6.72. The van der Waals surface area contributed by atoms with Gasteiger partial charge in [-0.3, -0.25) is 5.43 Å². The van der Waals surface area contributed by atoms with Gasteiger partial charge in [0.15, 0.2) is 0 Å². The van der Waals surface area contributed by atoms with E-state index >= 15 is 0 Å². The van der Waals surface area contributed by atoms with Crippen LogP contribution in [0.1, 0.15) is 19.0 Å². The molecule has 2 rings (SSSR count). The fourth-order valence-corrected chi connectivity index (χ4v) is 1.95. The Morgan fingerprint density at radius 1 is 1.59 bits per heavy atom. The zero-order valence-corrected chi connectivity index (χ0v) is 10.3. The van der Waals surface area contributed by atoms with Crippen LogP contribution in [0.5, 0.6) is 0 Å². The average Bonchev–Trinajstić information content (AvgIpc) is 2.38. The van der Waals surface area contributed by atoms with E-state index < -0.39 is 0 Å². The summed E-state index contributed by atoms with van der Waals surface area (Å²) in [4.78, 5) is 10.8. The van der Waals surface area contributed by atoms with Crippen molar-refractivity contribution in [2.75, 3.05) is 30.0 Å². The van der Waals surface area contributed by atoms with E-state index in [1.807, 2.05) is 13.0 Å². The first kappa shape index (κ1) is 12.1. The quantitative estimate of drug-likeness (QED) is 0.595. The van der Waals surface area contributed by atoms with Crippen LogP contribution in [0.2, 0.25) is 0 Å². The fourth-order valence-electron chi connectivity index (χ4n) is 1.95. The van der Waals surface area contributed by atoms with Crippen LogP contribution < -0.4 is 16.2 Å². The van der Waals surface area contributed by atoms with Gasteiger partial charge in [0.1, 0.15) is 5.82 Å². The first-order valence-corrected chi connectivity index (χ1v) is 5.91. The lowest BCUT2D eigenvalue weighted by molar-refractivity contribution is 0.0381. The number of ether oxygens (including phenoxy) is 1. The van der Waals surface area contributed by atoms with Gasteiger partial charge in [-0.15, -0.1) is 0 Å². The molecule has 0 aliphatic carbocycles. The van der Waals surface area contributed by atoms with Gasteiger partial charge >= 0.3 is 0 Å². The zero-order chi connectivity index (χ0) is 12.3. The Bertz CT molecular complexity index is 384. The van der Waals surface area contributed by atoms with Crippen molar-refractivity contribution in [1.82, 2.24) is 9.97 Å². The molecule has 1 unspecified atom stereocenters. The number of hydrazine groups is 1. The van der Waals surface area contributed by atoms with Crippen molar-refractivity contribution in [1.29, 1.82) is 0 Å². The number of aromatic nitrogens is 2. The molecule has 17 heavy (non-hydrogen) atoms. The third-order valence-corrected chi connectivity index (χ3v) is 2.89. The van der Waals surface area contributed by atoms with Gasteiger partial charge in [-0.05, 0) is 13.3 Å². The van der Waals surface area contributed by atoms with E-state index in [9.17, 15) is 0 Å². The second kappa shape index (κ2) is 5.29. The molecule has 1 saturated heterocycles. The number of rotatable bonds is 3. The van der Waals surface area contributed by atoms with Crippen molar-refractivity contribution in [3.8, 4) is 0 Å². The number of hydrogen-bond acceptors (Lipinski definition) is 6. The Labute approximate surface area is 101 Å². The molecular formula is C11H19N5O. The van der Waals surface area contributed by atoms with Crippen LogP contribution in [0.3, 0.4) is 0 Å². The standard InChI is InChI=1S/C11H19N5O/c1-3-9-7-16(4-5-17-9)10-6-8(2)13-11(14-10)15-12/h6,9H,3-5,7,12H2,1-2H3,(H,13,14,15). The summed E-state index contributed by atoms with van der Waals surface area (Å²) in [7, 11) is 0. The molecule has 1 aromatic rings. The summed E-state index contributed by atoms with van der Waals surface area (Å²) in [5.41, 5.74) is 3.40. The van der Waals surface area contributed by atoms with Gasteiger partial charge in [0.2, 0.25) is 5.95 Å². The lowest BCUT2D eigenvalue weighted by Crippen LogP contribution is -2.42.